The molecule has 0 aromatic heterocycles. The van der Waals surface area contributed by atoms with E-state index in [1.807, 2.05) is 12.1 Å². The number of carboxylic acids is 1. The Morgan fingerprint density at radius 2 is 1.83 bits per heavy atom. The second-order valence-electron chi connectivity index (χ2n) is 4.69. The van der Waals surface area contributed by atoms with E-state index in [-0.39, 0.29) is 5.92 Å². The molecule has 0 bridgehead atoms. The van der Waals surface area contributed by atoms with Gasteiger partial charge in [-0.25, -0.2) is 0 Å². The molecule has 0 aliphatic heterocycles. The zero-order chi connectivity index (χ0) is 13.4. The Bertz CT molecular complexity index is 359. The Balaban J connectivity index is 2.56. The number of carboxylic acid groups (broad SMARTS) is 1. The van der Waals surface area contributed by atoms with Crippen molar-refractivity contribution < 1.29 is 9.90 Å². The summed E-state index contributed by atoms with van der Waals surface area (Å²) in [5.74, 6) is -0.990. The van der Waals surface area contributed by atoms with Crippen molar-refractivity contribution >= 4 is 5.97 Å². The number of hydrogen-bond acceptors (Lipinski definition) is 2. The molecular weight excluding hydrogens is 226 g/mol. The zero-order valence-electron chi connectivity index (χ0n) is 11.1. The second kappa shape index (κ2) is 7.88. The molecule has 0 heterocycles. The van der Waals surface area contributed by atoms with Gasteiger partial charge in [-0.2, -0.15) is 0 Å². The molecule has 0 radical (unpaired) electrons. The average molecular weight is 249 g/mol. The summed E-state index contributed by atoms with van der Waals surface area (Å²) in [6.45, 7) is 2.75. The van der Waals surface area contributed by atoms with Crippen LogP contribution in [0.15, 0.2) is 24.3 Å². The molecule has 1 atom stereocenters. The molecular formula is C15H23NO2. The molecule has 1 rings (SSSR count). The number of rotatable bonds is 8. The van der Waals surface area contributed by atoms with Gasteiger partial charge >= 0.3 is 5.97 Å². The van der Waals surface area contributed by atoms with E-state index in [9.17, 15) is 9.90 Å². The van der Waals surface area contributed by atoms with Gasteiger partial charge in [0.25, 0.3) is 0 Å². The lowest BCUT2D eigenvalue weighted by molar-refractivity contribution is -0.142. The lowest BCUT2D eigenvalue weighted by Gasteiger charge is -2.12. The van der Waals surface area contributed by atoms with Gasteiger partial charge in [-0.1, -0.05) is 37.6 Å². The van der Waals surface area contributed by atoms with Crippen molar-refractivity contribution in [3.63, 3.8) is 0 Å². The summed E-state index contributed by atoms with van der Waals surface area (Å²) in [5.41, 5.74) is 7.82. The number of nitrogens with two attached hydrogens (primary N) is 1. The fraction of sp³-hybridized carbons (Fsp3) is 0.533. The first kappa shape index (κ1) is 14.7. The maximum atomic E-state index is 11.2. The SMILES string of the molecule is CCc1ccc(CC(CCCCN)C(=O)O)cc1. The Kier molecular flexibility index (Phi) is 6.44. The first-order valence-corrected chi connectivity index (χ1v) is 6.68. The van der Waals surface area contributed by atoms with Crippen molar-refractivity contribution in [3.05, 3.63) is 35.4 Å². The van der Waals surface area contributed by atoms with Gasteiger partial charge in [-0.3, -0.25) is 4.79 Å². The van der Waals surface area contributed by atoms with E-state index in [4.69, 9.17) is 5.73 Å². The maximum absolute atomic E-state index is 11.2. The van der Waals surface area contributed by atoms with E-state index in [0.717, 1.165) is 24.8 Å². The lowest BCUT2D eigenvalue weighted by atomic mass is 9.93. The van der Waals surface area contributed by atoms with Crippen molar-refractivity contribution in [1.82, 2.24) is 0 Å². The minimum Gasteiger partial charge on any atom is -0.481 e. The predicted octanol–water partition coefficient (Wildman–Crippen LogP) is 2.62. The molecule has 1 aromatic carbocycles. The fourth-order valence-electron chi connectivity index (χ4n) is 2.04. The monoisotopic (exact) mass is 249 g/mol. The summed E-state index contributed by atoms with van der Waals surface area (Å²) in [7, 11) is 0. The second-order valence-corrected chi connectivity index (χ2v) is 4.69. The number of carbonyl (C=O) groups is 1. The Hall–Kier alpha value is -1.35. The standard InChI is InChI=1S/C15H23NO2/c1-2-12-6-8-13(9-7-12)11-14(15(17)18)5-3-4-10-16/h6-9,14H,2-5,10-11,16H2,1H3,(H,17,18). The van der Waals surface area contributed by atoms with Crippen LogP contribution < -0.4 is 5.73 Å². The number of unbranched alkanes of at least 4 members (excludes halogenated alkanes) is 1. The van der Waals surface area contributed by atoms with Crippen LogP contribution in [0.1, 0.15) is 37.3 Å². The highest BCUT2D eigenvalue weighted by Crippen LogP contribution is 2.16. The Morgan fingerprint density at radius 3 is 2.33 bits per heavy atom. The molecule has 0 aliphatic carbocycles. The van der Waals surface area contributed by atoms with Crippen molar-refractivity contribution in [3.8, 4) is 0 Å². The first-order chi connectivity index (χ1) is 8.67. The van der Waals surface area contributed by atoms with Crippen molar-refractivity contribution in [1.29, 1.82) is 0 Å². The van der Waals surface area contributed by atoms with Gasteiger partial charge in [-0.15, -0.1) is 0 Å². The fourth-order valence-corrected chi connectivity index (χ4v) is 2.04. The number of benzene rings is 1. The highest BCUT2D eigenvalue weighted by molar-refractivity contribution is 5.70. The highest BCUT2D eigenvalue weighted by Gasteiger charge is 2.17. The summed E-state index contributed by atoms with van der Waals surface area (Å²) < 4.78 is 0. The number of hydrogen-bond donors (Lipinski definition) is 2. The van der Waals surface area contributed by atoms with Crippen molar-refractivity contribution in [2.45, 2.75) is 39.0 Å². The predicted molar refractivity (Wildman–Crippen MR) is 73.6 cm³/mol. The summed E-state index contributed by atoms with van der Waals surface area (Å²) >= 11 is 0. The third-order valence-corrected chi connectivity index (χ3v) is 3.27. The van der Waals surface area contributed by atoms with Crippen LogP contribution in [0.25, 0.3) is 0 Å². The summed E-state index contributed by atoms with van der Waals surface area (Å²) in [4.78, 5) is 11.2. The Morgan fingerprint density at radius 1 is 1.22 bits per heavy atom. The van der Waals surface area contributed by atoms with Gasteiger partial charge in [-0.05, 0) is 43.4 Å². The summed E-state index contributed by atoms with van der Waals surface area (Å²) in [6.07, 6.45) is 4.13. The minimum absolute atomic E-state index is 0.288. The van der Waals surface area contributed by atoms with Gasteiger partial charge < -0.3 is 10.8 Å². The van der Waals surface area contributed by atoms with Gasteiger partial charge in [0.15, 0.2) is 0 Å². The smallest absolute Gasteiger partial charge is 0.306 e. The molecule has 0 saturated carbocycles. The normalized spacial score (nSPS) is 12.3. The molecule has 3 nitrogen and oxygen atoms in total. The van der Waals surface area contributed by atoms with E-state index in [0.29, 0.717) is 19.4 Å². The molecule has 1 aromatic rings. The van der Waals surface area contributed by atoms with E-state index in [1.54, 1.807) is 0 Å². The van der Waals surface area contributed by atoms with Crippen LogP contribution in [0.2, 0.25) is 0 Å². The highest BCUT2D eigenvalue weighted by atomic mass is 16.4. The van der Waals surface area contributed by atoms with E-state index >= 15 is 0 Å². The average Bonchev–Trinajstić information content (AvgIpc) is 2.38. The van der Waals surface area contributed by atoms with Gasteiger partial charge in [0.2, 0.25) is 0 Å². The summed E-state index contributed by atoms with van der Waals surface area (Å²) in [5, 5.41) is 9.20. The van der Waals surface area contributed by atoms with Crippen LogP contribution in [0, 0.1) is 5.92 Å². The largest absolute Gasteiger partial charge is 0.481 e. The Labute approximate surface area is 109 Å². The molecule has 0 aliphatic rings. The maximum Gasteiger partial charge on any atom is 0.306 e. The quantitative estimate of drug-likeness (QED) is 0.696. The number of aryl methyl sites for hydroxylation is 1. The zero-order valence-corrected chi connectivity index (χ0v) is 11.1. The van der Waals surface area contributed by atoms with Gasteiger partial charge in [0, 0.05) is 0 Å². The molecule has 3 heteroatoms. The molecule has 1 unspecified atom stereocenters. The summed E-state index contributed by atoms with van der Waals surface area (Å²) in [6, 6.07) is 8.23. The topological polar surface area (TPSA) is 63.3 Å². The molecule has 0 amide bonds. The van der Waals surface area contributed by atoms with Crippen molar-refractivity contribution in [2.75, 3.05) is 6.54 Å². The van der Waals surface area contributed by atoms with Crippen LogP contribution in [-0.2, 0) is 17.6 Å². The van der Waals surface area contributed by atoms with Crippen LogP contribution in [-0.4, -0.2) is 17.6 Å². The minimum atomic E-state index is -0.702. The van der Waals surface area contributed by atoms with Crippen molar-refractivity contribution in [2.24, 2.45) is 11.7 Å². The van der Waals surface area contributed by atoms with Gasteiger partial charge in [0.05, 0.1) is 5.92 Å². The van der Waals surface area contributed by atoms with Crippen LogP contribution >= 0.6 is 0 Å². The lowest BCUT2D eigenvalue weighted by Crippen LogP contribution is -2.17. The van der Waals surface area contributed by atoms with Crippen LogP contribution in [0.4, 0.5) is 0 Å². The first-order valence-electron chi connectivity index (χ1n) is 6.68. The molecule has 0 fully saturated rings. The molecule has 18 heavy (non-hydrogen) atoms. The van der Waals surface area contributed by atoms with Gasteiger partial charge in [0.1, 0.15) is 0 Å². The van der Waals surface area contributed by atoms with E-state index < -0.39 is 5.97 Å². The number of aliphatic carboxylic acids is 1. The van der Waals surface area contributed by atoms with E-state index in [2.05, 4.69) is 19.1 Å². The van der Waals surface area contributed by atoms with E-state index in [1.165, 1.54) is 5.56 Å². The molecule has 0 saturated heterocycles. The molecule has 100 valence electrons. The molecule has 3 N–H and O–H groups in total. The third-order valence-electron chi connectivity index (χ3n) is 3.27. The molecule has 0 spiro atoms. The third kappa shape index (κ3) is 4.88. The van der Waals surface area contributed by atoms with Crippen LogP contribution in [0.3, 0.4) is 0 Å². The van der Waals surface area contributed by atoms with Crippen LogP contribution in [0.5, 0.6) is 0 Å².